The molecule has 1 aromatic heterocycles. The molecule has 5 rings (SSSR count). The molecule has 1 spiro atoms. The van der Waals surface area contributed by atoms with Crippen LogP contribution >= 0.6 is 11.3 Å². The predicted octanol–water partition coefficient (Wildman–Crippen LogP) is 4.74. The summed E-state index contributed by atoms with van der Waals surface area (Å²) in [6.45, 7) is 8.38. The van der Waals surface area contributed by atoms with E-state index in [1.807, 2.05) is 16.7 Å². The van der Waals surface area contributed by atoms with Crippen LogP contribution in [-0.4, -0.2) is 67.2 Å². The highest BCUT2D eigenvalue weighted by Crippen LogP contribution is 2.48. The molecular formula is C26H33N3O3S. The molecule has 0 radical (unpaired) electrons. The minimum absolute atomic E-state index is 0.0369. The molecule has 2 fully saturated rings. The topological polar surface area (TPSA) is 53.1 Å². The first-order valence-electron chi connectivity index (χ1n) is 12.1. The predicted molar refractivity (Wildman–Crippen MR) is 132 cm³/mol. The number of hydrogen-bond acceptors (Lipinski definition) is 5. The number of fused-ring (bicyclic) bond motifs is 2. The monoisotopic (exact) mass is 467 g/mol. The van der Waals surface area contributed by atoms with Gasteiger partial charge in [0.25, 0.3) is 0 Å². The van der Waals surface area contributed by atoms with Crippen molar-refractivity contribution in [2.45, 2.75) is 51.0 Å². The van der Waals surface area contributed by atoms with E-state index in [4.69, 9.17) is 4.74 Å². The minimum atomic E-state index is -0.179. The maximum Gasteiger partial charge on any atom is 0.409 e. The molecule has 3 aliphatic heterocycles. The third-order valence-corrected chi connectivity index (χ3v) is 8.50. The number of hydrogen-bond donors (Lipinski definition) is 0. The average molecular weight is 468 g/mol. The Morgan fingerprint density at radius 1 is 1.09 bits per heavy atom. The maximum absolute atomic E-state index is 12.5. The van der Waals surface area contributed by atoms with Crippen LogP contribution in [0, 0.1) is 0 Å². The standard InChI is InChI=1S/C26H33N3O3S/c1-3-32-25(31)28-11-6-22(7-12-28)27-13-9-26(10-14-27)18-29(19(2)30)24-5-4-20(16-23(24)26)21-8-15-33-17-21/h4-5,8,15-17,22H,3,6-7,9-14,18H2,1-2H3. The summed E-state index contributed by atoms with van der Waals surface area (Å²) >= 11 is 1.72. The molecule has 0 aliphatic carbocycles. The fraction of sp³-hybridized carbons (Fsp3) is 0.538. The molecule has 1 aromatic carbocycles. The summed E-state index contributed by atoms with van der Waals surface area (Å²) in [4.78, 5) is 30.9. The second-order valence-electron chi connectivity index (χ2n) is 9.58. The van der Waals surface area contributed by atoms with Gasteiger partial charge < -0.3 is 19.4 Å². The van der Waals surface area contributed by atoms with E-state index >= 15 is 0 Å². The van der Waals surface area contributed by atoms with Crippen LogP contribution in [0.1, 0.15) is 45.1 Å². The molecule has 7 heteroatoms. The Morgan fingerprint density at radius 3 is 2.48 bits per heavy atom. The molecule has 2 saturated heterocycles. The smallest absolute Gasteiger partial charge is 0.409 e. The summed E-state index contributed by atoms with van der Waals surface area (Å²) in [5.41, 5.74) is 4.98. The third kappa shape index (κ3) is 4.17. The van der Waals surface area contributed by atoms with E-state index in [1.165, 1.54) is 16.7 Å². The first kappa shape index (κ1) is 22.4. The lowest BCUT2D eigenvalue weighted by Crippen LogP contribution is -2.52. The van der Waals surface area contributed by atoms with E-state index in [2.05, 4.69) is 39.9 Å². The van der Waals surface area contributed by atoms with E-state index in [0.29, 0.717) is 12.6 Å². The molecule has 33 heavy (non-hydrogen) atoms. The summed E-state index contributed by atoms with van der Waals surface area (Å²) in [5, 5.41) is 4.31. The van der Waals surface area contributed by atoms with E-state index in [0.717, 1.165) is 64.1 Å². The molecule has 0 bridgehead atoms. The van der Waals surface area contributed by atoms with Crippen molar-refractivity contribution in [1.29, 1.82) is 0 Å². The zero-order valence-electron chi connectivity index (χ0n) is 19.6. The van der Waals surface area contributed by atoms with Crippen LogP contribution in [0.4, 0.5) is 10.5 Å². The van der Waals surface area contributed by atoms with Crippen LogP contribution in [0.2, 0.25) is 0 Å². The first-order chi connectivity index (χ1) is 16.0. The molecule has 4 heterocycles. The highest BCUT2D eigenvalue weighted by atomic mass is 32.1. The number of thiophene rings is 1. The summed E-state index contributed by atoms with van der Waals surface area (Å²) in [6.07, 6.45) is 3.96. The van der Waals surface area contributed by atoms with Gasteiger partial charge in [-0.05, 0) is 91.3 Å². The molecule has 0 atom stereocenters. The van der Waals surface area contributed by atoms with Gasteiger partial charge in [0.2, 0.25) is 5.91 Å². The van der Waals surface area contributed by atoms with Crippen LogP contribution < -0.4 is 4.90 Å². The number of carbonyl (C=O) groups excluding carboxylic acids is 2. The zero-order valence-corrected chi connectivity index (χ0v) is 20.4. The fourth-order valence-electron chi connectivity index (χ4n) is 5.93. The summed E-state index contributed by atoms with van der Waals surface area (Å²) in [7, 11) is 0. The highest BCUT2D eigenvalue weighted by molar-refractivity contribution is 7.08. The number of ether oxygens (including phenoxy) is 1. The Balaban J connectivity index is 1.30. The van der Waals surface area contributed by atoms with Crippen molar-refractivity contribution < 1.29 is 14.3 Å². The second-order valence-corrected chi connectivity index (χ2v) is 10.4. The van der Waals surface area contributed by atoms with E-state index < -0.39 is 0 Å². The highest BCUT2D eigenvalue weighted by Gasteiger charge is 2.46. The van der Waals surface area contributed by atoms with Crippen LogP contribution in [0.25, 0.3) is 11.1 Å². The number of piperidine rings is 2. The first-order valence-corrected chi connectivity index (χ1v) is 13.1. The normalized spacial score (nSPS) is 20.8. The number of anilines is 1. The minimum Gasteiger partial charge on any atom is -0.450 e. The average Bonchev–Trinajstić information content (AvgIpc) is 3.47. The molecule has 176 valence electrons. The van der Waals surface area contributed by atoms with Gasteiger partial charge in [0.15, 0.2) is 0 Å². The SMILES string of the molecule is CCOC(=O)N1CCC(N2CCC3(CC2)CN(C(C)=O)c2ccc(-c4ccsc4)cc23)CC1. The van der Waals surface area contributed by atoms with Crippen molar-refractivity contribution in [2.75, 3.05) is 44.2 Å². The third-order valence-electron chi connectivity index (χ3n) is 7.82. The number of nitrogens with zero attached hydrogens (tertiary/aromatic N) is 3. The van der Waals surface area contributed by atoms with Crippen molar-refractivity contribution in [3.05, 3.63) is 40.6 Å². The Bertz CT molecular complexity index is 1010. The van der Waals surface area contributed by atoms with Gasteiger partial charge in [0.1, 0.15) is 0 Å². The van der Waals surface area contributed by atoms with Gasteiger partial charge in [-0.25, -0.2) is 4.79 Å². The molecule has 2 aromatic rings. The Hall–Kier alpha value is -2.38. The van der Waals surface area contributed by atoms with E-state index in [1.54, 1.807) is 18.3 Å². The fourth-order valence-corrected chi connectivity index (χ4v) is 6.60. The summed E-state index contributed by atoms with van der Waals surface area (Å²) in [5.74, 6) is 0.130. The van der Waals surface area contributed by atoms with Crippen LogP contribution in [0.3, 0.4) is 0 Å². The van der Waals surface area contributed by atoms with E-state index in [-0.39, 0.29) is 17.4 Å². The van der Waals surface area contributed by atoms with Gasteiger partial charge >= 0.3 is 6.09 Å². The number of benzene rings is 1. The van der Waals surface area contributed by atoms with Crippen molar-refractivity contribution in [3.63, 3.8) is 0 Å². The maximum atomic E-state index is 12.5. The number of carbonyl (C=O) groups is 2. The van der Waals surface area contributed by atoms with E-state index in [9.17, 15) is 9.59 Å². The number of likely N-dealkylation sites (tertiary alicyclic amines) is 2. The molecule has 0 N–H and O–H groups in total. The molecule has 0 saturated carbocycles. The quantitative estimate of drug-likeness (QED) is 0.655. The van der Waals surface area contributed by atoms with Crippen molar-refractivity contribution in [3.8, 4) is 11.1 Å². The van der Waals surface area contributed by atoms with Gasteiger partial charge in [0.05, 0.1) is 6.61 Å². The Morgan fingerprint density at radius 2 is 1.85 bits per heavy atom. The largest absolute Gasteiger partial charge is 0.450 e. The Kier molecular flexibility index (Phi) is 6.18. The summed E-state index contributed by atoms with van der Waals surface area (Å²) < 4.78 is 5.17. The molecule has 0 unspecified atom stereocenters. The van der Waals surface area contributed by atoms with Gasteiger partial charge in [-0.1, -0.05) is 6.07 Å². The van der Waals surface area contributed by atoms with Crippen molar-refractivity contribution in [1.82, 2.24) is 9.80 Å². The molecule has 6 nitrogen and oxygen atoms in total. The van der Waals surface area contributed by atoms with Crippen LogP contribution in [-0.2, 0) is 14.9 Å². The second kappa shape index (κ2) is 9.11. The lowest BCUT2D eigenvalue weighted by atomic mass is 9.73. The zero-order chi connectivity index (χ0) is 23.0. The summed E-state index contributed by atoms with van der Waals surface area (Å²) in [6, 6.07) is 9.34. The van der Waals surface area contributed by atoms with Gasteiger partial charge in [-0.3, -0.25) is 4.79 Å². The molecule has 2 amide bonds. The lowest BCUT2D eigenvalue weighted by Gasteiger charge is -2.45. The molecule has 3 aliphatic rings. The number of rotatable bonds is 3. The van der Waals surface area contributed by atoms with Crippen LogP contribution in [0.15, 0.2) is 35.0 Å². The Labute approximate surface area is 200 Å². The van der Waals surface area contributed by atoms with Gasteiger partial charge in [-0.15, -0.1) is 0 Å². The van der Waals surface area contributed by atoms with Gasteiger partial charge in [-0.2, -0.15) is 11.3 Å². The number of amides is 2. The van der Waals surface area contributed by atoms with Crippen molar-refractivity contribution >= 4 is 29.0 Å². The van der Waals surface area contributed by atoms with Crippen LogP contribution in [0.5, 0.6) is 0 Å². The van der Waals surface area contributed by atoms with Crippen molar-refractivity contribution in [2.24, 2.45) is 0 Å². The lowest BCUT2D eigenvalue weighted by molar-refractivity contribution is -0.116. The molecular weight excluding hydrogens is 434 g/mol. The van der Waals surface area contributed by atoms with Gasteiger partial charge in [0, 0.05) is 43.7 Å².